The van der Waals surface area contributed by atoms with Crippen molar-refractivity contribution >= 4 is 21.8 Å². The SMILES string of the molecule is O=C(NCCN1CCCC1)c1ccnc(Br)c1. The predicted molar refractivity (Wildman–Crippen MR) is 69.9 cm³/mol. The molecule has 1 amide bonds. The van der Waals surface area contributed by atoms with Crippen LogP contribution in [-0.4, -0.2) is 42.0 Å². The van der Waals surface area contributed by atoms with Gasteiger partial charge in [0.25, 0.3) is 5.91 Å². The number of nitrogens with zero attached hydrogens (tertiary/aromatic N) is 2. The van der Waals surface area contributed by atoms with Gasteiger partial charge in [0.2, 0.25) is 0 Å². The number of carbonyl (C=O) groups excluding carboxylic acids is 1. The topological polar surface area (TPSA) is 45.2 Å². The molecule has 2 heterocycles. The minimum atomic E-state index is -0.0349. The van der Waals surface area contributed by atoms with E-state index in [2.05, 4.69) is 31.1 Å². The number of nitrogens with one attached hydrogen (secondary N) is 1. The van der Waals surface area contributed by atoms with E-state index in [0.29, 0.717) is 16.7 Å². The molecule has 1 aromatic heterocycles. The quantitative estimate of drug-likeness (QED) is 0.860. The molecular weight excluding hydrogens is 282 g/mol. The number of hydrogen-bond acceptors (Lipinski definition) is 3. The second kappa shape index (κ2) is 6.12. The highest BCUT2D eigenvalue weighted by Gasteiger charge is 2.11. The molecule has 0 aromatic carbocycles. The second-order valence-electron chi connectivity index (χ2n) is 4.17. The van der Waals surface area contributed by atoms with Crippen molar-refractivity contribution in [2.24, 2.45) is 0 Å². The molecule has 0 saturated carbocycles. The normalized spacial score (nSPS) is 16.1. The molecule has 0 spiro atoms. The Balaban J connectivity index is 1.77. The first kappa shape index (κ1) is 12.5. The van der Waals surface area contributed by atoms with Gasteiger partial charge in [-0.2, -0.15) is 0 Å². The third-order valence-electron chi connectivity index (χ3n) is 2.90. The van der Waals surface area contributed by atoms with Crippen LogP contribution >= 0.6 is 15.9 Å². The molecule has 92 valence electrons. The molecule has 1 aliphatic rings. The molecule has 4 nitrogen and oxygen atoms in total. The maximum atomic E-state index is 11.8. The summed E-state index contributed by atoms with van der Waals surface area (Å²) in [6.45, 7) is 3.98. The zero-order valence-corrected chi connectivity index (χ0v) is 11.2. The number of hydrogen-bond donors (Lipinski definition) is 1. The Bertz CT molecular complexity index is 391. The van der Waals surface area contributed by atoms with Gasteiger partial charge in [-0.3, -0.25) is 4.79 Å². The van der Waals surface area contributed by atoms with Gasteiger partial charge in [-0.25, -0.2) is 4.98 Å². The molecule has 1 N–H and O–H groups in total. The summed E-state index contributed by atoms with van der Waals surface area (Å²) in [7, 11) is 0. The molecule has 1 aliphatic heterocycles. The molecule has 0 atom stereocenters. The lowest BCUT2D eigenvalue weighted by atomic mass is 10.2. The Kier molecular flexibility index (Phi) is 4.50. The van der Waals surface area contributed by atoms with Crippen LogP contribution in [0.2, 0.25) is 0 Å². The van der Waals surface area contributed by atoms with Crippen molar-refractivity contribution in [2.75, 3.05) is 26.2 Å². The first-order valence-corrected chi connectivity index (χ1v) is 6.67. The van der Waals surface area contributed by atoms with Crippen LogP contribution in [0.15, 0.2) is 22.9 Å². The summed E-state index contributed by atoms with van der Waals surface area (Å²) in [4.78, 5) is 18.2. The lowest BCUT2D eigenvalue weighted by molar-refractivity contribution is 0.0949. The van der Waals surface area contributed by atoms with E-state index in [0.717, 1.165) is 19.6 Å². The smallest absolute Gasteiger partial charge is 0.251 e. The van der Waals surface area contributed by atoms with Gasteiger partial charge in [0.05, 0.1) is 0 Å². The van der Waals surface area contributed by atoms with Crippen LogP contribution in [0, 0.1) is 0 Å². The molecular formula is C12H16BrN3O. The van der Waals surface area contributed by atoms with Crippen molar-refractivity contribution < 1.29 is 4.79 Å². The highest BCUT2D eigenvalue weighted by atomic mass is 79.9. The summed E-state index contributed by atoms with van der Waals surface area (Å²) in [5.41, 5.74) is 0.647. The Morgan fingerprint density at radius 2 is 2.24 bits per heavy atom. The molecule has 0 radical (unpaired) electrons. The van der Waals surface area contributed by atoms with E-state index in [4.69, 9.17) is 0 Å². The van der Waals surface area contributed by atoms with Crippen molar-refractivity contribution in [3.05, 3.63) is 28.5 Å². The van der Waals surface area contributed by atoms with Gasteiger partial charge in [0.15, 0.2) is 0 Å². The molecule has 1 aromatic rings. The van der Waals surface area contributed by atoms with Crippen molar-refractivity contribution in [3.63, 3.8) is 0 Å². The maximum Gasteiger partial charge on any atom is 0.251 e. The molecule has 2 rings (SSSR count). The van der Waals surface area contributed by atoms with Gasteiger partial charge >= 0.3 is 0 Å². The van der Waals surface area contributed by atoms with Gasteiger partial charge in [-0.15, -0.1) is 0 Å². The van der Waals surface area contributed by atoms with E-state index in [1.807, 2.05) is 0 Å². The van der Waals surface area contributed by atoms with E-state index in [1.54, 1.807) is 18.3 Å². The Labute approximate surface area is 110 Å². The Morgan fingerprint density at radius 1 is 1.47 bits per heavy atom. The number of amides is 1. The first-order valence-electron chi connectivity index (χ1n) is 5.88. The van der Waals surface area contributed by atoms with E-state index >= 15 is 0 Å². The maximum absolute atomic E-state index is 11.8. The third-order valence-corrected chi connectivity index (χ3v) is 3.33. The lowest BCUT2D eigenvalue weighted by Crippen LogP contribution is -2.33. The zero-order chi connectivity index (χ0) is 12.1. The molecule has 17 heavy (non-hydrogen) atoms. The fraction of sp³-hybridized carbons (Fsp3) is 0.500. The number of aromatic nitrogens is 1. The number of likely N-dealkylation sites (tertiary alicyclic amines) is 1. The van der Waals surface area contributed by atoms with Gasteiger partial charge in [-0.05, 0) is 54.0 Å². The van der Waals surface area contributed by atoms with Gasteiger partial charge in [-0.1, -0.05) is 0 Å². The molecule has 1 fully saturated rings. The fourth-order valence-corrected chi connectivity index (χ4v) is 2.34. The van der Waals surface area contributed by atoms with Crippen molar-refractivity contribution in [3.8, 4) is 0 Å². The van der Waals surface area contributed by atoms with E-state index in [9.17, 15) is 4.79 Å². The van der Waals surface area contributed by atoms with Crippen LogP contribution in [0.25, 0.3) is 0 Å². The van der Waals surface area contributed by atoms with Crippen LogP contribution in [0.1, 0.15) is 23.2 Å². The number of pyridine rings is 1. The Hall–Kier alpha value is -0.940. The van der Waals surface area contributed by atoms with Crippen molar-refractivity contribution in [1.29, 1.82) is 0 Å². The molecule has 0 bridgehead atoms. The molecule has 1 saturated heterocycles. The fourth-order valence-electron chi connectivity index (χ4n) is 1.98. The molecule has 5 heteroatoms. The molecule has 0 unspecified atom stereocenters. The van der Waals surface area contributed by atoms with Crippen LogP contribution < -0.4 is 5.32 Å². The van der Waals surface area contributed by atoms with Crippen LogP contribution in [-0.2, 0) is 0 Å². The van der Waals surface area contributed by atoms with Gasteiger partial charge in [0, 0.05) is 24.8 Å². The highest BCUT2D eigenvalue weighted by Crippen LogP contribution is 2.08. The first-order chi connectivity index (χ1) is 8.25. The standard InChI is InChI=1S/C12H16BrN3O/c13-11-9-10(3-4-14-11)12(17)15-5-8-16-6-1-2-7-16/h3-4,9H,1-2,5-8H2,(H,15,17). The predicted octanol–water partition coefficient (Wildman–Crippen LogP) is 1.67. The third kappa shape index (κ3) is 3.78. The van der Waals surface area contributed by atoms with Gasteiger partial charge in [0.1, 0.15) is 4.60 Å². The largest absolute Gasteiger partial charge is 0.351 e. The minimum absolute atomic E-state index is 0.0349. The summed E-state index contributed by atoms with van der Waals surface area (Å²) >= 11 is 3.25. The summed E-state index contributed by atoms with van der Waals surface area (Å²) in [5.74, 6) is -0.0349. The summed E-state index contributed by atoms with van der Waals surface area (Å²) in [6, 6.07) is 3.45. The van der Waals surface area contributed by atoms with E-state index < -0.39 is 0 Å². The average molecular weight is 298 g/mol. The highest BCUT2D eigenvalue weighted by molar-refractivity contribution is 9.10. The van der Waals surface area contributed by atoms with E-state index in [1.165, 1.54) is 12.8 Å². The number of carbonyl (C=O) groups is 1. The van der Waals surface area contributed by atoms with E-state index in [-0.39, 0.29) is 5.91 Å². The summed E-state index contributed by atoms with van der Waals surface area (Å²) in [6.07, 6.45) is 4.19. The van der Waals surface area contributed by atoms with Crippen LogP contribution in [0.3, 0.4) is 0 Å². The Morgan fingerprint density at radius 3 is 2.94 bits per heavy atom. The molecule has 0 aliphatic carbocycles. The van der Waals surface area contributed by atoms with Gasteiger partial charge < -0.3 is 10.2 Å². The number of rotatable bonds is 4. The number of halogens is 1. The summed E-state index contributed by atoms with van der Waals surface area (Å²) in [5, 5.41) is 2.92. The lowest BCUT2D eigenvalue weighted by Gasteiger charge is -2.14. The average Bonchev–Trinajstić information content (AvgIpc) is 2.82. The second-order valence-corrected chi connectivity index (χ2v) is 4.98. The van der Waals surface area contributed by atoms with Crippen LogP contribution in [0.5, 0.6) is 0 Å². The monoisotopic (exact) mass is 297 g/mol. The van der Waals surface area contributed by atoms with Crippen molar-refractivity contribution in [1.82, 2.24) is 15.2 Å². The zero-order valence-electron chi connectivity index (χ0n) is 9.66. The van der Waals surface area contributed by atoms with Crippen molar-refractivity contribution in [2.45, 2.75) is 12.8 Å². The van der Waals surface area contributed by atoms with Crippen LogP contribution in [0.4, 0.5) is 0 Å². The summed E-state index contributed by atoms with van der Waals surface area (Å²) < 4.78 is 0.685. The minimum Gasteiger partial charge on any atom is -0.351 e.